The monoisotopic (exact) mass is 791 g/mol. The van der Waals surface area contributed by atoms with Crippen molar-refractivity contribution in [3.63, 3.8) is 0 Å². The fourth-order valence-corrected chi connectivity index (χ4v) is 10.8. The number of allylic oxidation sites excluding steroid dienone is 4. The van der Waals surface area contributed by atoms with Crippen LogP contribution < -0.4 is 4.90 Å². The van der Waals surface area contributed by atoms with Gasteiger partial charge < -0.3 is 4.90 Å². The zero-order chi connectivity index (χ0) is 41.4. The van der Waals surface area contributed by atoms with Crippen molar-refractivity contribution in [1.82, 2.24) is 0 Å². The van der Waals surface area contributed by atoms with E-state index in [1.807, 2.05) is 0 Å². The summed E-state index contributed by atoms with van der Waals surface area (Å²) in [7, 11) is 0. The minimum Gasteiger partial charge on any atom is -0.310 e. The van der Waals surface area contributed by atoms with E-state index >= 15 is 0 Å². The number of nitrogens with zero attached hydrogens (tertiary/aromatic N) is 1. The Morgan fingerprint density at radius 2 is 0.887 bits per heavy atom. The Hall–Kier alpha value is -7.48. The van der Waals surface area contributed by atoms with Crippen LogP contribution in [0.25, 0.3) is 76.5 Å². The molecule has 0 aliphatic heterocycles. The zero-order valence-electron chi connectivity index (χ0n) is 35.0. The van der Waals surface area contributed by atoms with Crippen LogP contribution in [-0.2, 0) is 5.41 Å². The largest absolute Gasteiger partial charge is 0.310 e. The van der Waals surface area contributed by atoms with Crippen molar-refractivity contribution in [2.24, 2.45) is 5.92 Å². The molecule has 1 nitrogen and oxygen atoms in total. The lowest BCUT2D eigenvalue weighted by Crippen LogP contribution is -2.24. The normalized spacial score (nSPS) is 15.4. The first-order chi connectivity index (χ1) is 30.5. The molecule has 0 radical (unpaired) electrons. The van der Waals surface area contributed by atoms with Gasteiger partial charge in [0.2, 0.25) is 0 Å². The van der Waals surface area contributed by atoms with Crippen LogP contribution in [0.2, 0.25) is 0 Å². The molecular formula is C61H45N. The van der Waals surface area contributed by atoms with Crippen molar-refractivity contribution < 1.29 is 0 Å². The summed E-state index contributed by atoms with van der Waals surface area (Å²) in [4.78, 5) is 2.45. The van der Waals surface area contributed by atoms with Crippen LogP contribution in [0.5, 0.6) is 0 Å². The van der Waals surface area contributed by atoms with E-state index in [-0.39, 0.29) is 5.41 Å². The number of para-hydroxylation sites is 1. The van der Waals surface area contributed by atoms with Gasteiger partial charge in [-0.05, 0) is 148 Å². The van der Waals surface area contributed by atoms with E-state index < -0.39 is 0 Å². The van der Waals surface area contributed by atoms with E-state index in [0.717, 1.165) is 23.5 Å². The lowest BCUT2D eigenvalue weighted by molar-refractivity contribution is 0.418. The maximum atomic E-state index is 2.45. The standard InChI is InChI=1S/C61H45N/c1-61(2)58-25-13-11-23-53(58)54-36-31-42(39-59(54)61)40-27-32-45(33-28-40)62(46-34-29-41(30-35-46)56-37-43-15-3-5-17-47(43)49-19-7-9-21-51(49)56)60-26-14-12-24-55(60)57-38-44-16-4-6-18-48(44)50-20-8-10-22-52(50)57/h3-38,59H,39H2,1-2H3. The van der Waals surface area contributed by atoms with Gasteiger partial charge in [-0.15, -0.1) is 0 Å². The van der Waals surface area contributed by atoms with Crippen LogP contribution in [0.3, 0.4) is 0 Å². The topological polar surface area (TPSA) is 3.24 Å². The highest BCUT2D eigenvalue weighted by Crippen LogP contribution is 2.55. The Balaban J connectivity index is 0.998. The van der Waals surface area contributed by atoms with Crippen molar-refractivity contribution in [2.45, 2.75) is 25.7 Å². The van der Waals surface area contributed by atoms with Gasteiger partial charge in [0, 0.05) is 16.9 Å². The van der Waals surface area contributed by atoms with E-state index in [1.165, 1.54) is 93.2 Å². The molecule has 0 saturated heterocycles. The van der Waals surface area contributed by atoms with Gasteiger partial charge in [-0.1, -0.05) is 190 Å². The van der Waals surface area contributed by atoms with Crippen LogP contribution in [0.15, 0.2) is 218 Å². The Bertz CT molecular complexity index is 3450. The number of benzene rings is 10. The lowest BCUT2D eigenvalue weighted by Gasteiger charge is -2.32. The molecule has 12 rings (SSSR count). The lowest BCUT2D eigenvalue weighted by atomic mass is 9.72. The fourth-order valence-electron chi connectivity index (χ4n) is 10.8. The van der Waals surface area contributed by atoms with Gasteiger partial charge in [0.15, 0.2) is 0 Å². The van der Waals surface area contributed by atoms with Crippen molar-refractivity contribution in [3.05, 3.63) is 235 Å². The molecule has 0 saturated carbocycles. The van der Waals surface area contributed by atoms with Gasteiger partial charge in [-0.3, -0.25) is 0 Å². The summed E-state index contributed by atoms with van der Waals surface area (Å²) in [6.07, 6.45) is 5.78. The molecule has 0 spiro atoms. The molecule has 0 aromatic heterocycles. The minimum absolute atomic E-state index is 0.0839. The van der Waals surface area contributed by atoms with Crippen LogP contribution >= 0.6 is 0 Å². The molecule has 2 aliphatic rings. The molecule has 0 heterocycles. The average molecular weight is 792 g/mol. The Kier molecular flexibility index (Phi) is 8.40. The van der Waals surface area contributed by atoms with Crippen molar-refractivity contribution in [1.29, 1.82) is 0 Å². The number of rotatable bonds is 6. The molecule has 0 N–H and O–H groups in total. The second-order valence-corrected chi connectivity index (χ2v) is 17.7. The summed E-state index contributed by atoms with van der Waals surface area (Å²) in [5, 5.41) is 10.1. The van der Waals surface area contributed by atoms with Gasteiger partial charge in [0.25, 0.3) is 0 Å². The number of hydrogen-bond acceptors (Lipinski definition) is 1. The number of fused-ring (bicyclic) bond motifs is 9. The minimum atomic E-state index is 0.0839. The molecule has 0 fully saturated rings. The molecule has 10 aromatic carbocycles. The van der Waals surface area contributed by atoms with Crippen LogP contribution in [-0.4, -0.2) is 0 Å². The van der Waals surface area contributed by atoms with Crippen molar-refractivity contribution in [2.75, 3.05) is 4.90 Å². The van der Waals surface area contributed by atoms with Crippen LogP contribution in [0.1, 0.15) is 37.0 Å². The van der Waals surface area contributed by atoms with E-state index in [9.17, 15) is 0 Å². The molecule has 1 heteroatoms. The van der Waals surface area contributed by atoms with Gasteiger partial charge in [0.1, 0.15) is 0 Å². The summed E-state index contributed by atoms with van der Waals surface area (Å²) in [5.74, 6) is 0.456. The summed E-state index contributed by atoms with van der Waals surface area (Å²) in [6, 6.07) is 76.4. The molecule has 1 unspecified atom stereocenters. The number of hydrogen-bond donors (Lipinski definition) is 0. The fraction of sp³-hybridized carbons (Fsp3) is 0.0820. The van der Waals surface area contributed by atoms with Crippen LogP contribution in [0, 0.1) is 5.92 Å². The first kappa shape index (κ1) is 36.4. The Morgan fingerprint density at radius 1 is 0.403 bits per heavy atom. The molecule has 62 heavy (non-hydrogen) atoms. The Morgan fingerprint density at radius 3 is 1.53 bits per heavy atom. The molecule has 0 bridgehead atoms. The van der Waals surface area contributed by atoms with E-state index in [0.29, 0.717) is 5.92 Å². The van der Waals surface area contributed by atoms with Crippen molar-refractivity contribution in [3.8, 4) is 22.3 Å². The third-order valence-electron chi connectivity index (χ3n) is 14.0. The van der Waals surface area contributed by atoms with Gasteiger partial charge >= 0.3 is 0 Å². The average Bonchev–Trinajstić information content (AvgIpc) is 3.57. The third-order valence-corrected chi connectivity index (χ3v) is 14.0. The summed E-state index contributed by atoms with van der Waals surface area (Å²) >= 11 is 0. The van der Waals surface area contributed by atoms with Crippen LogP contribution in [0.4, 0.5) is 17.1 Å². The summed E-state index contributed by atoms with van der Waals surface area (Å²) in [6.45, 7) is 4.84. The maximum absolute atomic E-state index is 2.45. The smallest absolute Gasteiger partial charge is 0.0540 e. The second kappa shape index (κ2) is 14.3. The molecule has 0 amide bonds. The first-order valence-electron chi connectivity index (χ1n) is 21.9. The predicted octanol–water partition coefficient (Wildman–Crippen LogP) is 16.9. The highest BCUT2D eigenvalue weighted by Gasteiger charge is 2.43. The second-order valence-electron chi connectivity index (χ2n) is 17.7. The van der Waals surface area contributed by atoms with E-state index in [2.05, 4.69) is 237 Å². The molecule has 294 valence electrons. The zero-order valence-corrected chi connectivity index (χ0v) is 35.0. The SMILES string of the molecule is CC1(C)c2ccccc2C2=CC=C(c3ccc(N(c4ccc(-c5cc6ccccc6c6ccccc56)cc4)c4ccccc4-c4cc5ccccc5c5ccccc45)cc3)CC21. The predicted molar refractivity (Wildman–Crippen MR) is 266 cm³/mol. The highest BCUT2D eigenvalue weighted by molar-refractivity contribution is 6.16. The Labute approximate surface area is 363 Å². The maximum Gasteiger partial charge on any atom is 0.0540 e. The third kappa shape index (κ3) is 5.76. The van der Waals surface area contributed by atoms with E-state index in [1.54, 1.807) is 0 Å². The highest BCUT2D eigenvalue weighted by atomic mass is 15.1. The van der Waals surface area contributed by atoms with Gasteiger partial charge in [-0.2, -0.15) is 0 Å². The molecule has 2 aliphatic carbocycles. The summed E-state index contributed by atoms with van der Waals surface area (Å²) in [5.41, 5.74) is 15.4. The molecular weight excluding hydrogens is 747 g/mol. The van der Waals surface area contributed by atoms with E-state index in [4.69, 9.17) is 0 Å². The molecule has 10 aromatic rings. The van der Waals surface area contributed by atoms with Gasteiger partial charge in [0.05, 0.1) is 5.69 Å². The first-order valence-corrected chi connectivity index (χ1v) is 21.9. The summed E-state index contributed by atoms with van der Waals surface area (Å²) < 4.78 is 0. The molecule has 1 atom stereocenters. The quantitative estimate of drug-likeness (QED) is 0.152. The van der Waals surface area contributed by atoms with Gasteiger partial charge in [-0.25, -0.2) is 0 Å². The van der Waals surface area contributed by atoms with Crippen molar-refractivity contribution >= 4 is 71.3 Å². The number of anilines is 3.